The molecule has 0 unspecified atom stereocenters. The van der Waals surface area contributed by atoms with Crippen LogP contribution in [-0.4, -0.2) is 10.1 Å². The number of pyridine rings is 1. The van der Waals surface area contributed by atoms with Crippen molar-refractivity contribution in [1.29, 1.82) is 0 Å². The van der Waals surface area contributed by atoms with Crippen LogP contribution in [0.15, 0.2) is 18.5 Å². The van der Waals surface area contributed by atoms with E-state index in [4.69, 9.17) is 16.7 Å². The maximum Gasteiger partial charge on any atom is 0.0696 e. The second-order valence-electron chi connectivity index (χ2n) is 1.99. The van der Waals surface area contributed by atoms with Crippen molar-refractivity contribution >= 4 is 11.6 Å². The third-order valence-electron chi connectivity index (χ3n) is 1.19. The monoisotopic (exact) mass is 157 g/mol. The first-order valence-corrected chi connectivity index (χ1v) is 3.50. The van der Waals surface area contributed by atoms with E-state index in [1.165, 1.54) is 0 Å². The average molecular weight is 158 g/mol. The number of rotatable bonds is 2. The lowest BCUT2D eigenvalue weighted by molar-refractivity contribution is 0.281. The number of hydrogen-bond donors (Lipinski definition) is 1. The van der Waals surface area contributed by atoms with Gasteiger partial charge in [-0.3, -0.25) is 4.98 Å². The van der Waals surface area contributed by atoms with E-state index in [0.29, 0.717) is 5.88 Å². The molecular formula is C7H8ClNO. The summed E-state index contributed by atoms with van der Waals surface area (Å²) in [6.45, 7) is 0.0255. The predicted molar refractivity (Wildman–Crippen MR) is 39.7 cm³/mol. The second kappa shape index (κ2) is 3.54. The molecule has 1 N–H and O–H groups in total. The first kappa shape index (κ1) is 7.51. The smallest absolute Gasteiger partial charge is 0.0696 e. The highest BCUT2D eigenvalue weighted by Crippen LogP contribution is 2.04. The third kappa shape index (κ3) is 1.69. The first-order valence-electron chi connectivity index (χ1n) is 2.96. The number of alkyl halides is 1. The Morgan fingerprint density at radius 3 is 2.70 bits per heavy atom. The zero-order valence-corrected chi connectivity index (χ0v) is 6.17. The summed E-state index contributed by atoms with van der Waals surface area (Å²) in [6.07, 6.45) is 3.31. The summed E-state index contributed by atoms with van der Waals surface area (Å²) in [5.74, 6) is 0.445. The molecule has 1 aromatic rings. The molecule has 54 valence electrons. The Balaban J connectivity index is 2.87. The van der Waals surface area contributed by atoms with Gasteiger partial charge in [-0.1, -0.05) is 0 Å². The van der Waals surface area contributed by atoms with Crippen LogP contribution in [0.3, 0.4) is 0 Å². The molecule has 0 aliphatic heterocycles. The normalized spacial score (nSPS) is 9.80. The molecule has 0 saturated carbocycles. The molecule has 10 heavy (non-hydrogen) atoms. The molecule has 0 aliphatic rings. The molecule has 0 atom stereocenters. The fourth-order valence-corrected chi connectivity index (χ4v) is 0.847. The lowest BCUT2D eigenvalue weighted by Gasteiger charge is -1.96. The highest BCUT2D eigenvalue weighted by atomic mass is 35.5. The van der Waals surface area contributed by atoms with E-state index in [0.717, 1.165) is 11.1 Å². The second-order valence-corrected chi connectivity index (χ2v) is 2.26. The Morgan fingerprint density at radius 2 is 2.10 bits per heavy atom. The topological polar surface area (TPSA) is 33.1 Å². The molecule has 0 radical (unpaired) electrons. The molecule has 0 fully saturated rings. The number of aliphatic hydroxyl groups is 1. The van der Waals surface area contributed by atoms with Crippen molar-refractivity contribution in [3.8, 4) is 0 Å². The number of aromatic nitrogens is 1. The number of hydrogen-bond acceptors (Lipinski definition) is 2. The predicted octanol–water partition coefficient (Wildman–Crippen LogP) is 1.31. The standard InChI is InChI=1S/C7H8ClNO/c8-2-6-1-7(5-10)4-9-3-6/h1,3-4,10H,2,5H2. The number of nitrogens with zero attached hydrogens (tertiary/aromatic N) is 1. The van der Waals surface area contributed by atoms with Crippen molar-refractivity contribution < 1.29 is 5.11 Å². The minimum atomic E-state index is 0.0255. The zero-order valence-electron chi connectivity index (χ0n) is 5.42. The van der Waals surface area contributed by atoms with E-state index in [1.54, 1.807) is 12.4 Å². The van der Waals surface area contributed by atoms with Crippen LogP contribution in [0, 0.1) is 0 Å². The third-order valence-corrected chi connectivity index (χ3v) is 1.50. The fourth-order valence-electron chi connectivity index (χ4n) is 0.701. The Kier molecular flexibility index (Phi) is 2.66. The lowest BCUT2D eigenvalue weighted by atomic mass is 10.2. The van der Waals surface area contributed by atoms with Crippen molar-refractivity contribution in [3.63, 3.8) is 0 Å². The van der Waals surface area contributed by atoms with E-state index in [1.807, 2.05) is 6.07 Å². The Morgan fingerprint density at radius 1 is 1.40 bits per heavy atom. The average Bonchev–Trinajstić information content (AvgIpc) is 2.05. The molecule has 0 spiro atoms. The zero-order chi connectivity index (χ0) is 7.40. The van der Waals surface area contributed by atoms with Gasteiger partial charge in [0.05, 0.1) is 6.61 Å². The quantitative estimate of drug-likeness (QED) is 0.657. The molecule has 1 heterocycles. The summed E-state index contributed by atoms with van der Waals surface area (Å²) in [5.41, 5.74) is 1.74. The molecule has 1 aromatic heterocycles. The van der Waals surface area contributed by atoms with Gasteiger partial charge in [0.2, 0.25) is 0 Å². The summed E-state index contributed by atoms with van der Waals surface area (Å²) in [7, 11) is 0. The van der Waals surface area contributed by atoms with Gasteiger partial charge in [0, 0.05) is 18.3 Å². The lowest BCUT2D eigenvalue weighted by Crippen LogP contribution is -1.87. The van der Waals surface area contributed by atoms with E-state index in [9.17, 15) is 0 Å². The fraction of sp³-hybridized carbons (Fsp3) is 0.286. The molecule has 0 aliphatic carbocycles. The molecule has 3 heteroatoms. The van der Waals surface area contributed by atoms with Gasteiger partial charge in [-0.2, -0.15) is 0 Å². The molecule has 0 amide bonds. The Labute approximate surface area is 64.5 Å². The van der Waals surface area contributed by atoms with Gasteiger partial charge < -0.3 is 5.11 Å². The summed E-state index contributed by atoms with van der Waals surface area (Å²) in [4.78, 5) is 3.88. The first-order chi connectivity index (χ1) is 4.86. The van der Waals surface area contributed by atoms with Gasteiger partial charge in [0.25, 0.3) is 0 Å². The minimum absolute atomic E-state index is 0.0255. The van der Waals surface area contributed by atoms with Crippen molar-refractivity contribution in [1.82, 2.24) is 4.98 Å². The molecule has 2 nitrogen and oxygen atoms in total. The highest BCUT2D eigenvalue weighted by Gasteiger charge is 1.92. The summed E-state index contributed by atoms with van der Waals surface area (Å²) < 4.78 is 0. The largest absolute Gasteiger partial charge is 0.392 e. The Bertz CT molecular complexity index is 195. The van der Waals surface area contributed by atoms with Crippen molar-refractivity contribution in [3.05, 3.63) is 29.6 Å². The van der Waals surface area contributed by atoms with E-state index in [2.05, 4.69) is 4.98 Å². The van der Waals surface area contributed by atoms with Crippen LogP contribution < -0.4 is 0 Å². The van der Waals surface area contributed by atoms with Crippen molar-refractivity contribution in [2.75, 3.05) is 0 Å². The van der Waals surface area contributed by atoms with Crippen LogP contribution >= 0.6 is 11.6 Å². The van der Waals surface area contributed by atoms with Crippen LogP contribution in [0.4, 0.5) is 0 Å². The van der Waals surface area contributed by atoms with Crippen LogP contribution in [0.2, 0.25) is 0 Å². The van der Waals surface area contributed by atoms with E-state index in [-0.39, 0.29) is 6.61 Å². The van der Waals surface area contributed by atoms with Gasteiger partial charge in [-0.05, 0) is 17.2 Å². The molecular weight excluding hydrogens is 150 g/mol. The summed E-state index contributed by atoms with van der Waals surface area (Å²) in [5, 5.41) is 8.67. The molecule has 1 rings (SSSR count). The van der Waals surface area contributed by atoms with Gasteiger partial charge in [-0.15, -0.1) is 11.6 Å². The van der Waals surface area contributed by atoms with E-state index >= 15 is 0 Å². The number of aliphatic hydroxyl groups excluding tert-OH is 1. The van der Waals surface area contributed by atoms with Crippen LogP contribution in [0.25, 0.3) is 0 Å². The minimum Gasteiger partial charge on any atom is -0.392 e. The van der Waals surface area contributed by atoms with Crippen LogP contribution in [0.5, 0.6) is 0 Å². The Hall–Kier alpha value is -0.600. The van der Waals surface area contributed by atoms with Gasteiger partial charge in [0.15, 0.2) is 0 Å². The van der Waals surface area contributed by atoms with Gasteiger partial charge in [-0.25, -0.2) is 0 Å². The molecule has 0 saturated heterocycles. The van der Waals surface area contributed by atoms with Crippen LogP contribution in [0.1, 0.15) is 11.1 Å². The SMILES string of the molecule is OCc1cncc(CCl)c1. The van der Waals surface area contributed by atoms with E-state index < -0.39 is 0 Å². The maximum absolute atomic E-state index is 8.67. The van der Waals surface area contributed by atoms with Gasteiger partial charge in [0.1, 0.15) is 0 Å². The van der Waals surface area contributed by atoms with Crippen LogP contribution in [-0.2, 0) is 12.5 Å². The number of halogens is 1. The maximum atomic E-state index is 8.67. The van der Waals surface area contributed by atoms with Crippen molar-refractivity contribution in [2.24, 2.45) is 0 Å². The van der Waals surface area contributed by atoms with Gasteiger partial charge >= 0.3 is 0 Å². The summed E-state index contributed by atoms with van der Waals surface area (Å²) >= 11 is 5.53. The summed E-state index contributed by atoms with van der Waals surface area (Å²) in [6, 6.07) is 1.83. The van der Waals surface area contributed by atoms with Crippen molar-refractivity contribution in [2.45, 2.75) is 12.5 Å². The molecule has 0 bridgehead atoms. The highest BCUT2D eigenvalue weighted by molar-refractivity contribution is 6.17. The molecule has 0 aromatic carbocycles.